The highest BCUT2D eigenvalue weighted by atomic mass is 32.1. The van der Waals surface area contributed by atoms with Crippen LogP contribution in [0, 0.1) is 11.7 Å². The number of carbonyl (C=O) groups excluding carboxylic acids is 1. The first kappa shape index (κ1) is 19.9. The largest absolute Gasteiger partial charge is 0.435 e. The first-order chi connectivity index (χ1) is 13.1. The van der Waals surface area contributed by atoms with Gasteiger partial charge in [0.05, 0.1) is 5.69 Å². The normalized spacial score (nSPS) is 11.8. The molecule has 0 radical (unpaired) electrons. The molecule has 0 aliphatic heterocycles. The molecule has 1 amide bonds. The predicted octanol–water partition coefficient (Wildman–Crippen LogP) is 3.73. The summed E-state index contributed by atoms with van der Waals surface area (Å²) >= 11 is 1.06. The molecule has 148 valence electrons. The lowest BCUT2D eigenvalue weighted by Gasteiger charge is -2.10. The number of anilines is 1. The van der Waals surface area contributed by atoms with Gasteiger partial charge in [0.15, 0.2) is 11.4 Å². The van der Waals surface area contributed by atoms with Gasteiger partial charge in [0, 0.05) is 6.42 Å². The molecule has 1 N–H and O–H groups in total. The van der Waals surface area contributed by atoms with Gasteiger partial charge in [-0.25, -0.2) is 9.07 Å². The standard InChI is InChI=1S/C16H14F4N6OS/c1-8(2)6-11-22-24-15(28-11)21-14(27)12-13(16(18,19)20)26(25-23-12)10-5-3-4-9(17)7-10/h3-5,7-8H,6H2,1-2H3,(H,21,24,27). The van der Waals surface area contributed by atoms with Crippen molar-refractivity contribution in [2.24, 2.45) is 5.92 Å². The Bertz CT molecular complexity index is 997. The Balaban J connectivity index is 1.93. The third kappa shape index (κ3) is 4.32. The molecule has 3 rings (SSSR count). The Kier molecular flexibility index (Phi) is 5.40. The van der Waals surface area contributed by atoms with Crippen molar-refractivity contribution in [3.8, 4) is 5.69 Å². The van der Waals surface area contributed by atoms with Crippen molar-refractivity contribution in [3.63, 3.8) is 0 Å². The fourth-order valence-electron chi connectivity index (χ4n) is 2.37. The molecular weight excluding hydrogens is 400 g/mol. The molecule has 0 fully saturated rings. The average molecular weight is 414 g/mol. The SMILES string of the molecule is CC(C)Cc1nnc(NC(=O)c2nnn(-c3cccc(F)c3)c2C(F)(F)F)s1. The lowest BCUT2D eigenvalue weighted by molar-refractivity contribution is -0.143. The molecule has 0 saturated carbocycles. The van der Waals surface area contributed by atoms with Crippen molar-refractivity contribution in [1.29, 1.82) is 0 Å². The summed E-state index contributed by atoms with van der Waals surface area (Å²) in [6.07, 6.45) is -4.33. The molecule has 12 heteroatoms. The van der Waals surface area contributed by atoms with Crippen LogP contribution in [0.3, 0.4) is 0 Å². The van der Waals surface area contributed by atoms with E-state index in [4.69, 9.17) is 0 Å². The number of nitrogens with one attached hydrogen (secondary N) is 1. The lowest BCUT2D eigenvalue weighted by atomic mass is 10.1. The number of hydrogen-bond acceptors (Lipinski definition) is 6. The third-order valence-corrected chi connectivity index (χ3v) is 4.34. The monoisotopic (exact) mass is 414 g/mol. The number of aromatic nitrogens is 5. The van der Waals surface area contributed by atoms with Crippen LogP contribution in [-0.2, 0) is 12.6 Å². The first-order valence-corrected chi connectivity index (χ1v) is 8.89. The maximum atomic E-state index is 13.6. The lowest BCUT2D eigenvalue weighted by Crippen LogP contribution is -2.21. The Morgan fingerprint density at radius 1 is 1.25 bits per heavy atom. The Morgan fingerprint density at radius 2 is 2.00 bits per heavy atom. The number of halogens is 4. The van der Waals surface area contributed by atoms with Gasteiger partial charge in [-0.3, -0.25) is 10.1 Å². The van der Waals surface area contributed by atoms with Crippen molar-refractivity contribution < 1.29 is 22.4 Å². The number of alkyl halides is 3. The van der Waals surface area contributed by atoms with E-state index < -0.39 is 29.3 Å². The van der Waals surface area contributed by atoms with Crippen molar-refractivity contribution in [2.45, 2.75) is 26.4 Å². The van der Waals surface area contributed by atoms with Crippen molar-refractivity contribution >= 4 is 22.4 Å². The highest BCUT2D eigenvalue weighted by Gasteiger charge is 2.42. The average Bonchev–Trinajstić information content (AvgIpc) is 3.20. The van der Waals surface area contributed by atoms with E-state index >= 15 is 0 Å². The van der Waals surface area contributed by atoms with Gasteiger partial charge in [0.1, 0.15) is 10.8 Å². The third-order valence-electron chi connectivity index (χ3n) is 3.48. The quantitative estimate of drug-likeness (QED) is 0.643. The van der Waals surface area contributed by atoms with E-state index in [1.54, 1.807) is 0 Å². The Hall–Kier alpha value is -2.89. The molecule has 0 spiro atoms. The summed E-state index contributed by atoms with van der Waals surface area (Å²) in [7, 11) is 0. The topological polar surface area (TPSA) is 85.6 Å². The van der Waals surface area contributed by atoms with Crippen LogP contribution in [0.2, 0.25) is 0 Å². The van der Waals surface area contributed by atoms with Crippen LogP contribution in [0.4, 0.5) is 22.7 Å². The fourth-order valence-corrected chi connectivity index (χ4v) is 3.32. The van der Waals surface area contributed by atoms with Gasteiger partial charge in [-0.1, -0.05) is 36.5 Å². The minimum atomic E-state index is -4.95. The minimum Gasteiger partial charge on any atom is -0.295 e. The number of benzene rings is 1. The van der Waals surface area contributed by atoms with Gasteiger partial charge in [-0.05, 0) is 24.1 Å². The Labute approximate surface area is 160 Å². The second-order valence-corrected chi connectivity index (χ2v) is 7.29. The summed E-state index contributed by atoms with van der Waals surface area (Å²) in [5.41, 5.74) is -2.58. The van der Waals surface area contributed by atoms with Gasteiger partial charge in [-0.15, -0.1) is 15.3 Å². The Morgan fingerprint density at radius 3 is 2.64 bits per heavy atom. The fraction of sp³-hybridized carbons (Fsp3) is 0.312. The number of hydrogen-bond donors (Lipinski definition) is 1. The van der Waals surface area contributed by atoms with E-state index in [1.165, 1.54) is 12.1 Å². The van der Waals surface area contributed by atoms with Gasteiger partial charge in [0.25, 0.3) is 5.91 Å². The second kappa shape index (κ2) is 7.62. The second-order valence-electron chi connectivity index (χ2n) is 6.23. The van der Waals surface area contributed by atoms with E-state index in [-0.39, 0.29) is 10.8 Å². The zero-order valence-corrected chi connectivity index (χ0v) is 15.5. The van der Waals surface area contributed by atoms with Crippen LogP contribution in [-0.4, -0.2) is 31.1 Å². The smallest absolute Gasteiger partial charge is 0.295 e. The summed E-state index contributed by atoms with van der Waals surface area (Å²) in [5, 5.41) is 17.3. The van der Waals surface area contributed by atoms with Crippen molar-refractivity contribution in [2.75, 3.05) is 5.32 Å². The maximum Gasteiger partial charge on any atom is 0.435 e. The summed E-state index contributed by atoms with van der Waals surface area (Å²) in [4.78, 5) is 12.4. The van der Waals surface area contributed by atoms with Crippen LogP contribution in [0.15, 0.2) is 24.3 Å². The van der Waals surface area contributed by atoms with Crippen LogP contribution < -0.4 is 5.32 Å². The number of rotatable bonds is 5. The van der Waals surface area contributed by atoms with Crippen LogP contribution >= 0.6 is 11.3 Å². The highest BCUT2D eigenvalue weighted by Crippen LogP contribution is 2.33. The van der Waals surface area contributed by atoms with Gasteiger partial charge in [0.2, 0.25) is 5.13 Å². The first-order valence-electron chi connectivity index (χ1n) is 8.07. The summed E-state index contributed by atoms with van der Waals surface area (Å²) in [5.74, 6) is -1.58. The highest BCUT2D eigenvalue weighted by molar-refractivity contribution is 7.15. The zero-order valence-electron chi connectivity index (χ0n) is 14.7. The molecule has 2 aromatic heterocycles. The molecule has 0 unspecified atom stereocenters. The zero-order chi connectivity index (χ0) is 20.5. The molecule has 2 heterocycles. The molecule has 7 nitrogen and oxygen atoms in total. The molecule has 1 aromatic carbocycles. The van der Waals surface area contributed by atoms with Crippen molar-refractivity contribution in [3.05, 3.63) is 46.5 Å². The van der Waals surface area contributed by atoms with E-state index in [1.807, 2.05) is 13.8 Å². The van der Waals surface area contributed by atoms with E-state index in [0.717, 1.165) is 23.5 Å². The van der Waals surface area contributed by atoms with Gasteiger partial charge < -0.3 is 0 Å². The summed E-state index contributed by atoms with van der Waals surface area (Å²) in [6.45, 7) is 3.94. The maximum absolute atomic E-state index is 13.6. The summed E-state index contributed by atoms with van der Waals surface area (Å²) < 4.78 is 54.5. The summed E-state index contributed by atoms with van der Waals surface area (Å²) in [6, 6.07) is 4.38. The van der Waals surface area contributed by atoms with Crippen LogP contribution in [0.5, 0.6) is 0 Å². The van der Waals surface area contributed by atoms with Gasteiger partial charge in [-0.2, -0.15) is 13.2 Å². The van der Waals surface area contributed by atoms with Crippen molar-refractivity contribution in [1.82, 2.24) is 25.2 Å². The molecule has 0 aliphatic carbocycles. The minimum absolute atomic E-state index is 0.0501. The molecular formula is C16H14F4N6OS. The molecule has 0 bridgehead atoms. The van der Waals surface area contributed by atoms with Crippen LogP contribution in [0.25, 0.3) is 5.69 Å². The molecule has 3 aromatic rings. The molecule has 0 atom stereocenters. The molecule has 0 saturated heterocycles. The van der Waals surface area contributed by atoms with E-state index in [9.17, 15) is 22.4 Å². The van der Waals surface area contributed by atoms with Gasteiger partial charge >= 0.3 is 6.18 Å². The van der Waals surface area contributed by atoms with Crippen LogP contribution in [0.1, 0.15) is 35.0 Å². The number of nitrogens with zero attached hydrogens (tertiary/aromatic N) is 5. The van der Waals surface area contributed by atoms with E-state index in [0.29, 0.717) is 22.0 Å². The number of carbonyl (C=O) groups is 1. The molecule has 28 heavy (non-hydrogen) atoms. The predicted molar refractivity (Wildman–Crippen MR) is 92.7 cm³/mol. The van der Waals surface area contributed by atoms with E-state index in [2.05, 4.69) is 25.8 Å². The molecule has 0 aliphatic rings. The number of amides is 1.